The summed E-state index contributed by atoms with van der Waals surface area (Å²) >= 11 is 3.50. The number of fused-ring (bicyclic) bond motifs is 1. The molecule has 0 radical (unpaired) electrons. The van der Waals surface area contributed by atoms with Gasteiger partial charge in [0.25, 0.3) is 0 Å². The number of benzene rings is 1. The summed E-state index contributed by atoms with van der Waals surface area (Å²) in [6.45, 7) is 1.55. The third kappa shape index (κ3) is 1.79. The van der Waals surface area contributed by atoms with Crippen LogP contribution in [0.25, 0.3) is 0 Å². The predicted octanol–water partition coefficient (Wildman–Crippen LogP) is 2.66. The number of hydrogen-bond acceptors (Lipinski definition) is 2. The molecule has 0 spiro atoms. The SMILES string of the molecule is NCCC1CCOc2c(Br)cccc21. The zero-order valence-corrected chi connectivity index (χ0v) is 9.59. The van der Waals surface area contributed by atoms with Crippen LogP contribution in [0.15, 0.2) is 22.7 Å². The Morgan fingerprint density at radius 3 is 3.14 bits per heavy atom. The van der Waals surface area contributed by atoms with Crippen LogP contribution in [-0.4, -0.2) is 13.2 Å². The Kier molecular flexibility index (Phi) is 3.08. The van der Waals surface area contributed by atoms with Gasteiger partial charge in [0, 0.05) is 0 Å². The van der Waals surface area contributed by atoms with Crippen molar-refractivity contribution in [3.8, 4) is 5.75 Å². The summed E-state index contributed by atoms with van der Waals surface area (Å²) in [6, 6.07) is 6.21. The van der Waals surface area contributed by atoms with Crippen molar-refractivity contribution >= 4 is 15.9 Å². The van der Waals surface area contributed by atoms with Crippen LogP contribution in [0.1, 0.15) is 24.3 Å². The van der Waals surface area contributed by atoms with Crippen molar-refractivity contribution in [2.24, 2.45) is 5.73 Å². The van der Waals surface area contributed by atoms with Crippen molar-refractivity contribution in [1.29, 1.82) is 0 Å². The first-order chi connectivity index (χ1) is 6.83. The smallest absolute Gasteiger partial charge is 0.136 e. The minimum atomic E-state index is 0.571. The summed E-state index contributed by atoms with van der Waals surface area (Å²) in [5.41, 5.74) is 6.90. The van der Waals surface area contributed by atoms with E-state index in [9.17, 15) is 0 Å². The van der Waals surface area contributed by atoms with Crippen LogP contribution in [0.3, 0.4) is 0 Å². The summed E-state index contributed by atoms with van der Waals surface area (Å²) in [5.74, 6) is 1.58. The molecule has 1 unspecified atom stereocenters. The summed E-state index contributed by atoms with van der Waals surface area (Å²) < 4.78 is 6.70. The average molecular weight is 256 g/mol. The third-order valence-electron chi connectivity index (χ3n) is 2.67. The average Bonchev–Trinajstić information content (AvgIpc) is 2.20. The number of halogens is 1. The second-order valence-electron chi connectivity index (χ2n) is 3.57. The summed E-state index contributed by atoms with van der Waals surface area (Å²) in [6.07, 6.45) is 2.13. The first-order valence-corrected chi connectivity index (χ1v) is 5.73. The Hall–Kier alpha value is -0.540. The van der Waals surface area contributed by atoms with E-state index in [1.165, 1.54) is 5.56 Å². The van der Waals surface area contributed by atoms with Crippen molar-refractivity contribution in [2.45, 2.75) is 18.8 Å². The highest BCUT2D eigenvalue weighted by Crippen LogP contribution is 2.39. The largest absolute Gasteiger partial charge is 0.492 e. The molecule has 2 N–H and O–H groups in total. The molecule has 0 amide bonds. The highest BCUT2D eigenvalue weighted by atomic mass is 79.9. The van der Waals surface area contributed by atoms with E-state index in [4.69, 9.17) is 10.5 Å². The van der Waals surface area contributed by atoms with Crippen LogP contribution in [0.2, 0.25) is 0 Å². The van der Waals surface area contributed by atoms with Crippen LogP contribution >= 0.6 is 15.9 Å². The molecular formula is C11H14BrNO. The fraction of sp³-hybridized carbons (Fsp3) is 0.455. The second-order valence-corrected chi connectivity index (χ2v) is 4.42. The van der Waals surface area contributed by atoms with Crippen molar-refractivity contribution in [3.05, 3.63) is 28.2 Å². The zero-order chi connectivity index (χ0) is 9.97. The van der Waals surface area contributed by atoms with E-state index in [1.807, 2.05) is 6.07 Å². The van der Waals surface area contributed by atoms with Crippen LogP contribution < -0.4 is 10.5 Å². The van der Waals surface area contributed by atoms with Crippen molar-refractivity contribution in [2.75, 3.05) is 13.2 Å². The van der Waals surface area contributed by atoms with E-state index in [-0.39, 0.29) is 0 Å². The molecule has 0 bridgehead atoms. The third-order valence-corrected chi connectivity index (χ3v) is 3.29. The number of ether oxygens (including phenoxy) is 1. The molecule has 0 saturated carbocycles. The fourth-order valence-corrected chi connectivity index (χ4v) is 2.46. The first kappa shape index (κ1) is 9.99. The number of hydrogen-bond donors (Lipinski definition) is 1. The molecule has 14 heavy (non-hydrogen) atoms. The maximum atomic E-state index is 5.64. The topological polar surface area (TPSA) is 35.2 Å². The standard InChI is InChI=1S/C11H14BrNO/c12-10-3-1-2-9-8(4-6-13)5-7-14-11(9)10/h1-3,8H,4-7,13H2. The van der Waals surface area contributed by atoms with Gasteiger partial charge in [0.15, 0.2) is 0 Å². The Bertz CT molecular complexity index is 327. The van der Waals surface area contributed by atoms with E-state index in [0.29, 0.717) is 5.92 Å². The van der Waals surface area contributed by atoms with Gasteiger partial charge in [-0.15, -0.1) is 0 Å². The summed E-state index contributed by atoms with van der Waals surface area (Å²) in [7, 11) is 0. The van der Waals surface area contributed by atoms with Gasteiger partial charge in [0.05, 0.1) is 11.1 Å². The molecule has 1 aromatic rings. The van der Waals surface area contributed by atoms with Gasteiger partial charge in [-0.2, -0.15) is 0 Å². The molecule has 1 aliphatic heterocycles. The lowest BCUT2D eigenvalue weighted by atomic mass is 9.90. The Labute approximate surface area is 92.6 Å². The number of para-hydroxylation sites is 1. The van der Waals surface area contributed by atoms with Gasteiger partial charge >= 0.3 is 0 Å². The van der Waals surface area contributed by atoms with Gasteiger partial charge in [-0.25, -0.2) is 0 Å². The van der Waals surface area contributed by atoms with Crippen LogP contribution in [0.5, 0.6) is 5.75 Å². The Balaban J connectivity index is 2.34. The zero-order valence-electron chi connectivity index (χ0n) is 8.00. The normalized spacial score (nSPS) is 20.0. The van der Waals surface area contributed by atoms with E-state index in [1.54, 1.807) is 0 Å². The Morgan fingerprint density at radius 2 is 2.36 bits per heavy atom. The molecule has 2 nitrogen and oxygen atoms in total. The number of nitrogens with two attached hydrogens (primary N) is 1. The number of rotatable bonds is 2. The molecule has 0 aromatic heterocycles. The van der Waals surface area contributed by atoms with Crippen LogP contribution in [0.4, 0.5) is 0 Å². The fourth-order valence-electron chi connectivity index (χ4n) is 1.96. The van der Waals surface area contributed by atoms with E-state index in [0.717, 1.165) is 36.2 Å². The van der Waals surface area contributed by atoms with Crippen molar-refractivity contribution < 1.29 is 4.74 Å². The molecule has 0 aliphatic carbocycles. The second kappa shape index (κ2) is 4.32. The minimum absolute atomic E-state index is 0.571. The van der Waals surface area contributed by atoms with Gasteiger partial charge < -0.3 is 10.5 Å². The molecular weight excluding hydrogens is 242 g/mol. The first-order valence-electron chi connectivity index (χ1n) is 4.94. The van der Waals surface area contributed by atoms with E-state index < -0.39 is 0 Å². The predicted molar refractivity (Wildman–Crippen MR) is 60.7 cm³/mol. The van der Waals surface area contributed by atoms with Gasteiger partial charge in [0.1, 0.15) is 5.75 Å². The van der Waals surface area contributed by atoms with Gasteiger partial charge in [-0.05, 0) is 52.9 Å². The van der Waals surface area contributed by atoms with Crippen LogP contribution in [-0.2, 0) is 0 Å². The molecule has 2 rings (SSSR count). The van der Waals surface area contributed by atoms with Gasteiger partial charge in [-0.1, -0.05) is 12.1 Å². The maximum Gasteiger partial charge on any atom is 0.136 e. The highest BCUT2D eigenvalue weighted by molar-refractivity contribution is 9.10. The molecule has 1 aromatic carbocycles. The Morgan fingerprint density at radius 1 is 1.50 bits per heavy atom. The summed E-state index contributed by atoms with van der Waals surface area (Å²) in [5, 5.41) is 0. The lowest BCUT2D eigenvalue weighted by Crippen LogP contribution is -2.17. The molecule has 1 heterocycles. The highest BCUT2D eigenvalue weighted by Gasteiger charge is 2.21. The molecule has 0 fully saturated rings. The quantitative estimate of drug-likeness (QED) is 0.882. The maximum absolute atomic E-state index is 5.64. The van der Waals surface area contributed by atoms with Gasteiger partial charge in [-0.3, -0.25) is 0 Å². The van der Waals surface area contributed by atoms with Crippen molar-refractivity contribution in [3.63, 3.8) is 0 Å². The van der Waals surface area contributed by atoms with Crippen molar-refractivity contribution in [1.82, 2.24) is 0 Å². The molecule has 3 heteroatoms. The molecule has 1 atom stereocenters. The lowest BCUT2D eigenvalue weighted by Gasteiger charge is -2.26. The molecule has 76 valence electrons. The minimum Gasteiger partial charge on any atom is -0.492 e. The van der Waals surface area contributed by atoms with Gasteiger partial charge in [0.2, 0.25) is 0 Å². The summed E-state index contributed by atoms with van der Waals surface area (Å²) in [4.78, 5) is 0. The van der Waals surface area contributed by atoms with E-state index in [2.05, 4.69) is 28.1 Å². The van der Waals surface area contributed by atoms with E-state index >= 15 is 0 Å². The molecule has 0 saturated heterocycles. The monoisotopic (exact) mass is 255 g/mol. The molecule has 1 aliphatic rings. The lowest BCUT2D eigenvalue weighted by molar-refractivity contribution is 0.262. The van der Waals surface area contributed by atoms with Crippen LogP contribution in [0, 0.1) is 0 Å².